The second-order valence-electron chi connectivity index (χ2n) is 1.39. The summed E-state index contributed by atoms with van der Waals surface area (Å²) >= 11 is 0. The summed E-state index contributed by atoms with van der Waals surface area (Å²) in [6, 6.07) is 0. The molecule has 5 N–H and O–H groups in total. The van der Waals surface area contributed by atoms with Gasteiger partial charge in [0.2, 0.25) is 0 Å². The van der Waals surface area contributed by atoms with Crippen molar-refractivity contribution >= 4 is 0 Å². The maximum Gasteiger partial charge on any atom is 2.00 e. The van der Waals surface area contributed by atoms with Crippen molar-refractivity contribution in [3.8, 4) is 0 Å². The monoisotopic (exact) mass is 228 g/mol. The van der Waals surface area contributed by atoms with Gasteiger partial charge in [0.15, 0.2) is 0 Å². The van der Waals surface area contributed by atoms with E-state index < -0.39 is 0 Å². The Bertz CT molecular complexity index is 39.3. The maximum absolute atomic E-state index is 7.00. The number of hydrogen-bond acceptors (Lipinski definition) is 4. The number of hydrogen-bond donors (Lipinski definition) is 4. The summed E-state index contributed by atoms with van der Waals surface area (Å²) in [5.74, 6) is 0. The molecule has 0 bridgehead atoms. The smallest absolute Gasteiger partial charge is 0.400 e. The van der Waals surface area contributed by atoms with Gasteiger partial charge in [0.05, 0.1) is 0 Å². The summed E-state index contributed by atoms with van der Waals surface area (Å²) < 4.78 is 0. The fraction of sp³-hybridized carbons (Fsp3) is 0.750. The predicted molar refractivity (Wildman–Crippen MR) is 54.6 cm³/mol. The van der Waals surface area contributed by atoms with Crippen LogP contribution in [0.3, 0.4) is 0 Å². The number of rotatable bonds is 4. The molecule has 0 amide bonds. The van der Waals surface area contributed by atoms with Gasteiger partial charge in [-0.2, -0.15) is 6.42 Å². The van der Waals surface area contributed by atoms with Gasteiger partial charge in [0.25, 0.3) is 0 Å². The van der Waals surface area contributed by atoms with E-state index >= 15 is 0 Å². The zero-order valence-electron chi connectivity index (χ0n) is 9.01. The molecule has 82 valence electrons. The van der Waals surface area contributed by atoms with E-state index in [1.165, 1.54) is 0 Å². The molecule has 0 heterocycles. The van der Waals surface area contributed by atoms with E-state index in [-0.39, 0.29) is 29.1 Å². The molecule has 0 saturated heterocycles. The van der Waals surface area contributed by atoms with Crippen molar-refractivity contribution < 1.29 is 31.9 Å². The molecular formula is C8H24N2O2Ti. The van der Waals surface area contributed by atoms with Gasteiger partial charge in [-0.05, 0) is 6.54 Å². The third-order valence-electron chi connectivity index (χ3n) is 0.675. The maximum atomic E-state index is 7.00. The molecule has 0 unspecified atom stereocenters. The third-order valence-corrected chi connectivity index (χ3v) is 0.675. The molecule has 0 spiro atoms. The Kier molecular flexibility index (Phi) is 122. The van der Waals surface area contributed by atoms with Crippen LogP contribution in [0.2, 0.25) is 0 Å². The van der Waals surface area contributed by atoms with Crippen LogP contribution < -0.4 is 11.1 Å². The second kappa shape index (κ2) is 54.3. The standard InChI is InChI=1S/C5H13N2.2CH4O.CH3.Ti/c1-2-4-7-5-3-6;2*1-2;;/h7H,1-6H2;2*2H,1H3;1H3;/q-1;;;-1;+2. The number of aliphatic hydroxyl groups excluding tert-OH is 2. The van der Waals surface area contributed by atoms with Crippen molar-refractivity contribution in [2.24, 2.45) is 5.73 Å². The molecule has 5 heteroatoms. The van der Waals surface area contributed by atoms with Gasteiger partial charge in [-0.3, -0.25) is 0 Å². The van der Waals surface area contributed by atoms with Gasteiger partial charge in [-0.1, -0.05) is 0 Å². The molecule has 0 aromatic rings. The molecule has 0 fully saturated rings. The minimum absolute atomic E-state index is 0. The summed E-state index contributed by atoms with van der Waals surface area (Å²) in [6.07, 6.45) is 0.944. The van der Waals surface area contributed by atoms with E-state index in [9.17, 15) is 0 Å². The van der Waals surface area contributed by atoms with E-state index in [1.807, 2.05) is 0 Å². The van der Waals surface area contributed by atoms with Crippen LogP contribution in [0.4, 0.5) is 0 Å². The molecule has 0 atom stereocenters. The van der Waals surface area contributed by atoms with Gasteiger partial charge in [0.1, 0.15) is 0 Å². The van der Waals surface area contributed by atoms with Gasteiger partial charge in [-0.25, -0.2) is 0 Å². The molecule has 0 aliphatic rings. The zero-order chi connectivity index (χ0) is 9.54. The molecule has 0 saturated carbocycles. The van der Waals surface area contributed by atoms with Crippen LogP contribution in [-0.2, 0) is 21.7 Å². The Labute approximate surface area is 97.8 Å². The van der Waals surface area contributed by atoms with Crippen LogP contribution in [0.25, 0.3) is 0 Å². The van der Waals surface area contributed by atoms with Crippen LogP contribution in [0.5, 0.6) is 0 Å². The van der Waals surface area contributed by atoms with Crippen molar-refractivity contribution in [2.75, 3.05) is 33.9 Å². The minimum Gasteiger partial charge on any atom is -0.400 e. The van der Waals surface area contributed by atoms with Crippen LogP contribution >= 0.6 is 0 Å². The Morgan fingerprint density at radius 3 is 1.77 bits per heavy atom. The summed E-state index contributed by atoms with van der Waals surface area (Å²) in [5, 5.41) is 17.1. The van der Waals surface area contributed by atoms with E-state index in [1.54, 1.807) is 0 Å². The van der Waals surface area contributed by atoms with Crippen molar-refractivity contribution in [3.63, 3.8) is 0 Å². The van der Waals surface area contributed by atoms with Crippen LogP contribution in [0, 0.1) is 14.4 Å². The molecule has 13 heavy (non-hydrogen) atoms. The molecule has 0 aliphatic carbocycles. The summed E-state index contributed by atoms with van der Waals surface area (Å²) in [5.41, 5.74) is 5.19. The van der Waals surface area contributed by atoms with Crippen LogP contribution in [0.15, 0.2) is 0 Å². The number of nitrogens with two attached hydrogens (primary N) is 1. The fourth-order valence-corrected chi connectivity index (χ4v) is 0.352. The predicted octanol–water partition coefficient (Wildman–Crippen LogP) is -0.576. The zero-order valence-corrected chi connectivity index (χ0v) is 10.6. The van der Waals surface area contributed by atoms with Crippen molar-refractivity contribution in [3.05, 3.63) is 14.4 Å². The molecular weight excluding hydrogens is 204 g/mol. The summed E-state index contributed by atoms with van der Waals surface area (Å²) in [4.78, 5) is 0. The number of nitrogens with one attached hydrogen (secondary N) is 1. The molecule has 0 rings (SSSR count). The Hall–Kier alpha value is 0.554. The average molecular weight is 228 g/mol. The first kappa shape index (κ1) is 29.2. The topological polar surface area (TPSA) is 78.5 Å². The van der Waals surface area contributed by atoms with Crippen molar-refractivity contribution in [1.82, 2.24) is 5.32 Å². The number of aliphatic hydroxyl groups is 2. The van der Waals surface area contributed by atoms with Gasteiger partial charge < -0.3 is 35.6 Å². The van der Waals surface area contributed by atoms with Gasteiger partial charge in [0, 0.05) is 27.3 Å². The van der Waals surface area contributed by atoms with Crippen LogP contribution in [-0.4, -0.2) is 44.1 Å². The Morgan fingerprint density at radius 1 is 1.15 bits per heavy atom. The summed E-state index contributed by atoms with van der Waals surface area (Å²) in [6.45, 7) is 6.27. The Morgan fingerprint density at radius 2 is 1.54 bits per heavy atom. The van der Waals surface area contributed by atoms with Gasteiger partial charge in [-0.15, -0.1) is 0 Å². The first-order valence-corrected chi connectivity index (χ1v) is 3.51. The second-order valence-corrected chi connectivity index (χ2v) is 1.39. The fourth-order valence-electron chi connectivity index (χ4n) is 0.352. The molecule has 0 aliphatic heterocycles. The first-order chi connectivity index (χ1) is 5.41. The van der Waals surface area contributed by atoms with E-state index in [0.717, 1.165) is 40.3 Å². The average Bonchev–Trinajstić information content (AvgIpc) is 2.13. The first-order valence-electron chi connectivity index (χ1n) is 3.51. The molecule has 0 radical (unpaired) electrons. The quantitative estimate of drug-likeness (QED) is 0.295. The van der Waals surface area contributed by atoms with Gasteiger partial charge >= 0.3 is 21.7 Å². The van der Waals surface area contributed by atoms with Crippen molar-refractivity contribution in [1.29, 1.82) is 0 Å². The molecule has 0 aromatic heterocycles. The van der Waals surface area contributed by atoms with Crippen molar-refractivity contribution in [2.45, 2.75) is 6.42 Å². The largest absolute Gasteiger partial charge is 2.00 e. The normalized spacial score (nSPS) is 6.00. The third kappa shape index (κ3) is 67.4. The Balaban J connectivity index is -0.0000000315. The SMILES string of the molecule is CO.CO.[CH2-]CCNCCN.[CH3-].[Ti+2]. The van der Waals surface area contributed by atoms with E-state index in [2.05, 4.69) is 12.2 Å². The molecule has 0 aromatic carbocycles. The minimum atomic E-state index is 0. The summed E-state index contributed by atoms with van der Waals surface area (Å²) in [7, 11) is 2.00. The molecule has 4 nitrogen and oxygen atoms in total. The van der Waals surface area contributed by atoms with E-state index in [4.69, 9.17) is 15.9 Å². The van der Waals surface area contributed by atoms with E-state index in [0.29, 0.717) is 0 Å². The van der Waals surface area contributed by atoms with Crippen LogP contribution in [0.1, 0.15) is 6.42 Å².